The van der Waals surface area contributed by atoms with Crippen LogP contribution < -0.4 is 10.6 Å². The highest BCUT2D eigenvalue weighted by Gasteiger charge is 2.35. The first-order chi connectivity index (χ1) is 20.4. The molecule has 3 aromatic carbocycles. The van der Waals surface area contributed by atoms with E-state index in [1.54, 1.807) is 0 Å². The summed E-state index contributed by atoms with van der Waals surface area (Å²) in [5, 5.41) is 15.6. The molecule has 0 bridgehead atoms. The van der Waals surface area contributed by atoms with E-state index in [1.807, 2.05) is 66.5 Å². The van der Waals surface area contributed by atoms with Crippen LogP contribution in [0.2, 0.25) is 0 Å². The van der Waals surface area contributed by atoms with Crippen LogP contribution in [0.15, 0.2) is 78.9 Å². The van der Waals surface area contributed by atoms with E-state index < -0.39 is 30.1 Å². The summed E-state index contributed by atoms with van der Waals surface area (Å²) in [6, 6.07) is 24.6. The van der Waals surface area contributed by atoms with Crippen molar-refractivity contribution in [2.45, 2.75) is 56.7 Å². The number of fused-ring (bicyclic) bond motifs is 3. The highest BCUT2D eigenvalue weighted by Crippen LogP contribution is 2.44. The molecular formula is C34H39N3O5. The lowest BCUT2D eigenvalue weighted by atomic mass is 9.93. The van der Waals surface area contributed by atoms with Crippen LogP contribution in [0.3, 0.4) is 0 Å². The van der Waals surface area contributed by atoms with E-state index >= 15 is 0 Å². The number of carboxylic acids is 1. The fraction of sp³-hybridized carbons (Fsp3) is 0.382. The number of amides is 2. The molecule has 0 heterocycles. The molecule has 8 heteroatoms. The standard InChI is InChI=1S/C34H39N3O5/c1-37(20-23-12-4-2-5-13-23)21-31(33(39)40)35-32(38)28-18-6-3-7-19-30(28)36-34(41)42-22-29-26-16-10-8-14-24(26)25-15-9-11-17-27(25)29/h2,4-5,8-17,28-31H,3,6-7,18-22H2,1H3,(H,35,38)(H,36,41)(H,39,40)/t28-,30+,31?/m1/s1. The molecule has 5 rings (SSSR count). The summed E-state index contributed by atoms with van der Waals surface area (Å²) in [6.45, 7) is 0.918. The van der Waals surface area contributed by atoms with Gasteiger partial charge in [0.05, 0.1) is 5.92 Å². The maximum atomic E-state index is 13.5. The topological polar surface area (TPSA) is 108 Å². The number of alkyl carbamates (subject to hydrolysis) is 1. The Morgan fingerprint density at radius 3 is 2.17 bits per heavy atom. The average Bonchev–Trinajstić information content (AvgIpc) is 3.12. The number of nitrogens with zero attached hydrogens (tertiary/aromatic N) is 1. The second kappa shape index (κ2) is 13.7. The number of benzene rings is 3. The number of ether oxygens (including phenoxy) is 1. The van der Waals surface area contributed by atoms with Gasteiger partial charge >= 0.3 is 12.1 Å². The van der Waals surface area contributed by atoms with Gasteiger partial charge in [-0.25, -0.2) is 9.59 Å². The third-order valence-corrected chi connectivity index (χ3v) is 8.40. The van der Waals surface area contributed by atoms with Gasteiger partial charge < -0.3 is 20.5 Å². The molecule has 220 valence electrons. The number of aliphatic carboxylic acids is 1. The summed E-state index contributed by atoms with van der Waals surface area (Å²) >= 11 is 0. The van der Waals surface area contributed by atoms with Crippen molar-refractivity contribution in [1.29, 1.82) is 0 Å². The number of carboxylic acid groups (broad SMARTS) is 1. The van der Waals surface area contributed by atoms with Gasteiger partial charge in [-0.2, -0.15) is 0 Å². The van der Waals surface area contributed by atoms with Crippen LogP contribution >= 0.6 is 0 Å². The highest BCUT2D eigenvalue weighted by atomic mass is 16.5. The Kier molecular flexibility index (Phi) is 9.54. The van der Waals surface area contributed by atoms with Crippen LogP contribution in [-0.2, 0) is 20.9 Å². The molecule has 2 amide bonds. The van der Waals surface area contributed by atoms with Gasteiger partial charge in [-0.3, -0.25) is 9.69 Å². The van der Waals surface area contributed by atoms with E-state index in [0.717, 1.165) is 47.1 Å². The Morgan fingerprint density at radius 2 is 1.50 bits per heavy atom. The first-order valence-electron chi connectivity index (χ1n) is 14.8. The predicted octanol–water partition coefficient (Wildman–Crippen LogP) is 5.18. The van der Waals surface area contributed by atoms with Gasteiger partial charge in [0, 0.05) is 25.0 Å². The summed E-state index contributed by atoms with van der Waals surface area (Å²) in [5.74, 6) is -2.02. The zero-order valence-corrected chi connectivity index (χ0v) is 24.0. The number of carbonyl (C=O) groups excluding carboxylic acids is 2. The van der Waals surface area contributed by atoms with Crippen LogP contribution in [0.5, 0.6) is 0 Å². The molecule has 0 radical (unpaired) electrons. The van der Waals surface area contributed by atoms with Crippen molar-refractivity contribution in [3.8, 4) is 11.1 Å². The Balaban J connectivity index is 1.20. The van der Waals surface area contributed by atoms with E-state index in [1.165, 1.54) is 0 Å². The molecule has 0 aliphatic heterocycles. The van der Waals surface area contributed by atoms with Gasteiger partial charge in [-0.15, -0.1) is 0 Å². The summed E-state index contributed by atoms with van der Waals surface area (Å²) in [4.78, 5) is 40.5. The van der Waals surface area contributed by atoms with Crippen molar-refractivity contribution >= 4 is 18.0 Å². The van der Waals surface area contributed by atoms with Gasteiger partial charge in [0.25, 0.3) is 0 Å². The maximum absolute atomic E-state index is 13.5. The van der Waals surface area contributed by atoms with Crippen LogP contribution in [0.4, 0.5) is 4.79 Å². The van der Waals surface area contributed by atoms with Gasteiger partial charge in [0.15, 0.2) is 0 Å². The Labute approximate surface area is 247 Å². The molecule has 2 aliphatic carbocycles. The number of nitrogens with one attached hydrogen (secondary N) is 2. The molecule has 1 saturated carbocycles. The van der Waals surface area contributed by atoms with Crippen molar-refractivity contribution < 1.29 is 24.2 Å². The lowest BCUT2D eigenvalue weighted by molar-refractivity contribution is -0.143. The number of rotatable bonds is 10. The molecule has 3 N–H and O–H groups in total. The number of likely N-dealkylation sites (N-methyl/N-ethyl adjacent to an activating group) is 1. The van der Waals surface area contributed by atoms with E-state index in [0.29, 0.717) is 19.4 Å². The third kappa shape index (κ3) is 6.99. The SMILES string of the molecule is CN(Cc1ccccc1)CC(NC(=O)[C@@H]1CCCCC[C@@H]1NC(=O)OCC1c2ccccc2-c2ccccc21)C(=O)O. The average molecular weight is 570 g/mol. The van der Waals surface area contributed by atoms with Crippen LogP contribution in [0.25, 0.3) is 11.1 Å². The number of hydrogen-bond acceptors (Lipinski definition) is 5. The van der Waals surface area contributed by atoms with Crippen molar-refractivity contribution in [2.75, 3.05) is 20.2 Å². The molecular weight excluding hydrogens is 530 g/mol. The van der Waals surface area contributed by atoms with Crippen molar-refractivity contribution in [3.05, 3.63) is 95.6 Å². The van der Waals surface area contributed by atoms with Gasteiger partial charge in [-0.1, -0.05) is 98.1 Å². The maximum Gasteiger partial charge on any atom is 0.407 e. The summed E-state index contributed by atoms with van der Waals surface area (Å²) in [5.41, 5.74) is 5.65. The molecule has 3 atom stereocenters. The fourth-order valence-electron chi connectivity index (χ4n) is 6.32. The molecule has 8 nitrogen and oxygen atoms in total. The molecule has 1 unspecified atom stereocenters. The van der Waals surface area contributed by atoms with Crippen LogP contribution in [-0.4, -0.2) is 60.3 Å². The van der Waals surface area contributed by atoms with Crippen LogP contribution in [0, 0.1) is 5.92 Å². The van der Waals surface area contributed by atoms with E-state index in [9.17, 15) is 19.5 Å². The first-order valence-corrected chi connectivity index (χ1v) is 14.8. The van der Waals surface area contributed by atoms with Gasteiger partial charge in [0.2, 0.25) is 5.91 Å². The Hall–Kier alpha value is -4.17. The normalized spacial score (nSPS) is 18.8. The highest BCUT2D eigenvalue weighted by molar-refractivity contribution is 5.86. The third-order valence-electron chi connectivity index (χ3n) is 8.40. The van der Waals surface area contributed by atoms with Gasteiger partial charge in [0.1, 0.15) is 12.6 Å². The van der Waals surface area contributed by atoms with E-state index in [4.69, 9.17) is 4.74 Å². The molecule has 0 aromatic heterocycles. The molecule has 2 aliphatic rings. The molecule has 1 fully saturated rings. The minimum Gasteiger partial charge on any atom is -0.480 e. The summed E-state index contributed by atoms with van der Waals surface area (Å²) < 4.78 is 5.76. The summed E-state index contributed by atoms with van der Waals surface area (Å²) in [7, 11) is 1.84. The van der Waals surface area contributed by atoms with Crippen molar-refractivity contribution in [1.82, 2.24) is 15.5 Å². The van der Waals surface area contributed by atoms with Gasteiger partial charge in [-0.05, 0) is 47.7 Å². The minimum atomic E-state index is -1.09. The number of carbonyl (C=O) groups is 3. The largest absolute Gasteiger partial charge is 0.480 e. The van der Waals surface area contributed by atoms with Crippen molar-refractivity contribution in [3.63, 3.8) is 0 Å². The fourth-order valence-corrected chi connectivity index (χ4v) is 6.32. The van der Waals surface area contributed by atoms with Crippen LogP contribution in [0.1, 0.15) is 54.7 Å². The van der Waals surface area contributed by atoms with E-state index in [2.05, 4.69) is 34.9 Å². The zero-order chi connectivity index (χ0) is 29.5. The quantitative estimate of drug-likeness (QED) is 0.291. The molecule has 0 saturated heterocycles. The summed E-state index contributed by atoms with van der Waals surface area (Å²) in [6.07, 6.45) is 3.32. The van der Waals surface area contributed by atoms with Crippen molar-refractivity contribution in [2.24, 2.45) is 5.92 Å². The lowest BCUT2D eigenvalue weighted by Crippen LogP contribution is -2.53. The second-order valence-electron chi connectivity index (χ2n) is 11.4. The molecule has 3 aromatic rings. The second-order valence-corrected chi connectivity index (χ2v) is 11.4. The molecule has 42 heavy (non-hydrogen) atoms. The smallest absolute Gasteiger partial charge is 0.407 e. The minimum absolute atomic E-state index is 0.0550. The predicted molar refractivity (Wildman–Crippen MR) is 161 cm³/mol. The Morgan fingerprint density at radius 1 is 0.881 bits per heavy atom. The lowest BCUT2D eigenvalue weighted by Gasteiger charge is -2.28. The molecule has 0 spiro atoms. The number of hydrogen-bond donors (Lipinski definition) is 3. The van der Waals surface area contributed by atoms with E-state index in [-0.39, 0.29) is 25.0 Å². The Bertz CT molecular complexity index is 1350. The zero-order valence-electron chi connectivity index (χ0n) is 24.0. The monoisotopic (exact) mass is 569 g/mol. The first kappa shape index (κ1) is 29.3.